The predicted octanol–water partition coefficient (Wildman–Crippen LogP) is 1.16. The molecule has 10 nitrogen and oxygen atoms in total. The van der Waals surface area contributed by atoms with Gasteiger partial charge >= 0.3 is 12.1 Å². The Bertz CT molecular complexity index is 692. The van der Waals surface area contributed by atoms with Crippen molar-refractivity contribution in [2.45, 2.75) is 26.4 Å². The van der Waals surface area contributed by atoms with Crippen LogP contribution in [0.25, 0.3) is 6.08 Å². The van der Waals surface area contributed by atoms with E-state index in [-0.39, 0.29) is 16.9 Å². The molecular weight excluding hydrogens is 322 g/mol. The lowest BCUT2D eigenvalue weighted by Crippen LogP contribution is -2.34. The molecule has 1 aromatic heterocycles. The Morgan fingerprint density at radius 3 is 2.54 bits per heavy atom. The number of amides is 1. The molecule has 0 aliphatic rings. The van der Waals surface area contributed by atoms with E-state index < -0.39 is 22.6 Å². The van der Waals surface area contributed by atoms with Crippen molar-refractivity contribution < 1.29 is 33.9 Å². The fourth-order valence-electron chi connectivity index (χ4n) is 1.60. The van der Waals surface area contributed by atoms with Gasteiger partial charge in [-0.1, -0.05) is 0 Å². The van der Waals surface area contributed by atoms with Crippen LogP contribution in [0.15, 0.2) is 24.2 Å². The summed E-state index contributed by atoms with van der Waals surface area (Å²) in [6.07, 6.45) is 2.11. The first-order chi connectivity index (χ1) is 11.0. The Morgan fingerprint density at radius 1 is 1.42 bits per heavy atom. The van der Waals surface area contributed by atoms with E-state index in [0.29, 0.717) is 4.73 Å². The zero-order valence-corrected chi connectivity index (χ0v) is 13.6. The topological polar surface area (TPSA) is 132 Å². The van der Waals surface area contributed by atoms with Crippen LogP contribution in [0.3, 0.4) is 0 Å². The van der Waals surface area contributed by atoms with Crippen molar-refractivity contribution in [3.05, 3.63) is 39.8 Å². The molecule has 1 rings (SSSR count). The fourth-order valence-corrected chi connectivity index (χ4v) is 1.60. The molecule has 0 saturated heterocycles. The maximum absolute atomic E-state index is 11.8. The normalized spacial score (nSPS) is 11.6. The van der Waals surface area contributed by atoms with Crippen molar-refractivity contribution in [1.82, 2.24) is 5.32 Å². The number of alkyl carbamates (subject to hydrolysis) is 1. The SMILES string of the molecule is COC(=O)/C(=C/c1c[n+](O)ccc1[N+](=O)[O-])NC(=O)OC(C)(C)C. The highest BCUT2D eigenvalue weighted by molar-refractivity contribution is 5.97. The molecule has 2 N–H and O–H groups in total. The van der Waals surface area contributed by atoms with Crippen molar-refractivity contribution in [3.63, 3.8) is 0 Å². The number of hydrogen-bond donors (Lipinski definition) is 2. The monoisotopic (exact) mass is 340 g/mol. The van der Waals surface area contributed by atoms with Gasteiger partial charge in [-0.15, -0.1) is 0 Å². The number of carbonyl (C=O) groups excluding carboxylic acids is 2. The third kappa shape index (κ3) is 5.55. The largest absolute Gasteiger partial charge is 0.464 e. The van der Waals surface area contributed by atoms with Gasteiger partial charge in [0.2, 0.25) is 12.4 Å². The number of nitrogens with one attached hydrogen (secondary N) is 1. The van der Waals surface area contributed by atoms with Crippen molar-refractivity contribution in [1.29, 1.82) is 0 Å². The summed E-state index contributed by atoms with van der Waals surface area (Å²) >= 11 is 0. The van der Waals surface area contributed by atoms with Crippen LogP contribution in [-0.4, -0.2) is 34.9 Å². The second-order valence-corrected chi connectivity index (χ2v) is 5.60. The van der Waals surface area contributed by atoms with Gasteiger partial charge in [0.1, 0.15) is 16.9 Å². The highest BCUT2D eigenvalue weighted by atomic mass is 16.6. The number of nitrogens with zero attached hydrogens (tertiary/aromatic N) is 2. The lowest BCUT2D eigenvalue weighted by molar-refractivity contribution is -0.905. The lowest BCUT2D eigenvalue weighted by atomic mass is 10.2. The van der Waals surface area contributed by atoms with Crippen molar-refractivity contribution in [3.8, 4) is 0 Å². The number of aromatic nitrogens is 1. The van der Waals surface area contributed by atoms with E-state index in [2.05, 4.69) is 10.1 Å². The molecule has 24 heavy (non-hydrogen) atoms. The first-order valence-corrected chi connectivity index (χ1v) is 6.72. The Hall–Kier alpha value is -3.17. The molecule has 10 heteroatoms. The maximum Gasteiger partial charge on any atom is 0.412 e. The standard InChI is InChI=1S/C14H17N3O7/c1-14(2,3)24-13(19)15-10(12(18)23-4)7-9-8-16(20)6-5-11(9)17(21)22/h5-8H,1-4H3,(H-,15,19,20)/p+1/b10-7-. The summed E-state index contributed by atoms with van der Waals surface area (Å²) in [6, 6.07) is 1.04. The average Bonchev–Trinajstić information content (AvgIpc) is 2.43. The van der Waals surface area contributed by atoms with Crippen LogP contribution < -0.4 is 10.0 Å². The van der Waals surface area contributed by atoms with Crippen LogP contribution in [0.4, 0.5) is 10.5 Å². The minimum absolute atomic E-state index is 0.124. The van der Waals surface area contributed by atoms with Crippen LogP contribution >= 0.6 is 0 Å². The summed E-state index contributed by atoms with van der Waals surface area (Å²) in [5.74, 6) is -0.941. The van der Waals surface area contributed by atoms with Gasteiger partial charge in [-0.25, -0.2) is 9.59 Å². The third-order valence-electron chi connectivity index (χ3n) is 2.49. The number of pyridine rings is 1. The average molecular weight is 340 g/mol. The Balaban J connectivity index is 3.24. The molecule has 1 amide bonds. The quantitative estimate of drug-likeness (QED) is 0.210. The number of ether oxygens (including phenoxy) is 2. The van der Waals surface area contributed by atoms with E-state index in [1.807, 2.05) is 0 Å². The summed E-state index contributed by atoms with van der Waals surface area (Å²) in [5.41, 5.74) is -1.70. The van der Waals surface area contributed by atoms with E-state index in [1.165, 1.54) is 0 Å². The molecule has 0 spiro atoms. The van der Waals surface area contributed by atoms with E-state index in [1.54, 1.807) is 20.8 Å². The second kappa shape index (κ2) is 7.40. The van der Waals surface area contributed by atoms with E-state index >= 15 is 0 Å². The molecule has 0 saturated carbocycles. The fraction of sp³-hybridized carbons (Fsp3) is 0.357. The molecule has 1 aromatic rings. The summed E-state index contributed by atoms with van der Waals surface area (Å²) in [4.78, 5) is 33.9. The van der Waals surface area contributed by atoms with Crippen LogP contribution in [0.5, 0.6) is 0 Å². The number of hydrogen-bond acceptors (Lipinski definition) is 7. The van der Waals surface area contributed by atoms with E-state index in [9.17, 15) is 24.9 Å². The molecule has 0 unspecified atom stereocenters. The molecule has 0 atom stereocenters. The molecule has 0 aliphatic carbocycles. The molecule has 0 fully saturated rings. The number of rotatable bonds is 4. The summed E-state index contributed by atoms with van der Waals surface area (Å²) in [6.45, 7) is 4.89. The van der Waals surface area contributed by atoms with Crippen LogP contribution in [-0.2, 0) is 14.3 Å². The van der Waals surface area contributed by atoms with Crippen LogP contribution in [0, 0.1) is 10.1 Å². The summed E-state index contributed by atoms with van der Waals surface area (Å²) in [5, 5.41) is 22.6. The number of methoxy groups -OCH3 is 1. The predicted molar refractivity (Wildman–Crippen MR) is 79.8 cm³/mol. The number of carbonyl (C=O) groups is 2. The van der Waals surface area contributed by atoms with E-state index in [4.69, 9.17) is 4.74 Å². The Morgan fingerprint density at radius 2 is 2.04 bits per heavy atom. The van der Waals surface area contributed by atoms with Gasteiger partial charge in [-0.3, -0.25) is 20.6 Å². The molecule has 1 heterocycles. The zero-order chi connectivity index (χ0) is 18.5. The van der Waals surface area contributed by atoms with Crippen molar-refractivity contribution in [2.75, 3.05) is 7.11 Å². The first-order valence-electron chi connectivity index (χ1n) is 6.72. The Labute approximate surface area is 137 Å². The summed E-state index contributed by atoms with van der Waals surface area (Å²) in [7, 11) is 1.08. The van der Waals surface area contributed by atoms with E-state index in [0.717, 1.165) is 31.6 Å². The van der Waals surface area contributed by atoms with Crippen LogP contribution in [0.2, 0.25) is 0 Å². The smallest absolute Gasteiger partial charge is 0.412 e. The van der Waals surface area contributed by atoms with Gasteiger partial charge in [-0.05, 0) is 26.8 Å². The maximum atomic E-state index is 11.8. The number of nitro groups is 1. The minimum Gasteiger partial charge on any atom is -0.464 e. The first kappa shape index (κ1) is 18.9. The van der Waals surface area contributed by atoms with Crippen molar-refractivity contribution >= 4 is 23.8 Å². The van der Waals surface area contributed by atoms with Gasteiger partial charge < -0.3 is 9.47 Å². The van der Waals surface area contributed by atoms with Gasteiger partial charge in [-0.2, -0.15) is 0 Å². The van der Waals surface area contributed by atoms with Crippen LogP contribution in [0.1, 0.15) is 26.3 Å². The molecule has 0 bridgehead atoms. The molecular formula is C14H18N3O7+. The van der Waals surface area contributed by atoms with Gasteiger partial charge in [0, 0.05) is 4.73 Å². The summed E-state index contributed by atoms with van der Waals surface area (Å²) < 4.78 is 10.1. The molecule has 0 aliphatic heterocycles. The minimum atomic E-state index is -0.941. The molecule has 130 valence electrons. The molecule has 0 radical (unpaired) electrons. The highest BCUT2D eigenvalue weighted by Crippen LogP contribution is 2.19. The second-order valence-electron chi connectivity index (χ2n) is 5.60. The third-order valence-corrected chi connectivity index (χ3v) is 2.49. The Kier molecular flexibility index (Phi) is 5.82. The molecule has 0 aromatic carbocycles. The van der Waals surface area contributed by atoms with Gasteiger partial charge in [0.05, 0.1) is 18.1 Å². The number of esters is 1. The highest BCUT2D eigenvalue weighted by Gasteiger charge is 2.23. The lowest BCUT2D eigenvalue weighted by Gasteiger charge is -2.20. The van der Waals surface area contributed by atoms with Gasteiger partial charge in [0.15, 0.2) is 0 Å². The van der Waals surface area contributed by atoms with Gasteiger partial charge in [0.25, 0.3) is 5.69 Å². The van der Waals surface area contributed by atoms with Crippen molar-refractivity contribution in [2.24, 2.45) is 0 Å². The zero-order valence-electron chi connectivity index (χ0n) is 13.6.